The molecular weight excluding hydrogens is 433 g/mol. The SMILES string of the molecule is O=C(N1CCCCC1)N1CC(OC(c2ccc(Cl)c(Cl)c2)c2cccnc2Cl)C1. The van der Waals surface area contributed by atoms with Crippen molar-refractivity contribution in [2.24, 2.45) is 0 Å². The highest BCUT2D eigenvalue weighted by atomic mass is 35.5. The molecule has 2 aliphatic heterocycles. The van der Waals surface area contributed by atoms with E-state index in [0.29, 0.717) is 28.3 Å². The van der Waals surface area contributed by atoms with Gasteiger partial charge >= 0.3 is 6.03 Å². The molecule has 2 fully saturated rings. The van der Waals surface area contributed by atoms with Crippen LogP contribution in [-0.4, -0.2) is 53.1 Å². The first-order valence-electron chi connectivity index (χ1n) is 9.77. The summed E-state index contributed by atoms with van der Waals surface area (Å²) >= 11 is 18.6. The van der Waals surface area contributed by atoms with Crippen molar-refractivity contribution in [3.63, 3.8) is 0 Å². The van der Waals surface area contributed by atoms with Gasteiger partial charge in [0, 0.05) is 24.8 Å². The van der Waals surface area contributed by atoms with Gasteiger partial charge in [0.15, 0.2) is 0 Å². The highest BCUT2D eigenvalue weighted by molar-refractivity contribution is 6.42. The van der Waals surface area contributed by atoms with Gasteiger partial charge in [-0.2, -0.15) is 0 Å². The molecule has 0 radical (unpaired) electrons. The summed E-state index contributed by atoms with van der Waals surface area (Å²) in [4.78, 5) is 20.6. The number of ether oxygens (including phenoxy) is 1. The van der Waals surface area contributed by atoms with Crippen molar-refractivity contribution in [1.82, 2.24) is 14.8 Å². The minimum Gasteiger partial charge on any atom is -0.362 e. The minimum absolute atomic E-state index is 0.0838. The molecule has 29 heavy (non-hydrogen) atoms. The van der Waals surface area contributed by atoms with Crippen LogP contribution < -0.4 is 0 Å². The predicted octanol–water partition coefficient (Wildman–Crippen LogP) is 5.44. The van der Waals surface area contributed by atoms with Crippen molar-refractivity contribution in [2.45, 2.75) is 31.5 Å². The summed E-state index contributed by atoms with van der Waals surface area (Å²) < 4.78 is 6.36. The zero-order chi connectivity index (χ0) is 20.4. The molecule has 1 atom stereocenters. The normalized spacial score (nSPS) is 18.4. The highest BCUT2D eigenvalue weighted by Crippen LogP contribution is 2.35. The molecule has 0 spiro atoms. The molecule has 5 nitrogen and oxygen atoms in total. The summed E-state index contributed by atoms with van der Waals surface area (Å²) in [6, 6.07) is 9.22. The fourth-order valence-electron chi connectivity index (χ4n) is 3.76. The van der Waals surface area contributed by atoms with E-state index in [9.17, 15) is 4.79 Å². The maximum Gasteiger partial charge on any atom is 0.320 e. The van der Waals surface area contributed by atoms with Crippen LogP contribution in [0.1, 0.15) is 36.5 Å². The van der Waals surface area contributed by atoms with Crippen LogP contribution in [-0.2, 0) is 4.74 Å². The number of rotatable bonds is 4. The van der Waals surface area contributed by atoms with Crippen LogP contribution in [0.4, 0.5) is 4.79 Å². The zero-order valence-corrected chi connectivity index (χ0v) is 18.1. The lowest BCUT2D eigenvalue weighted by Gasteiger charge is -2.43. The minimum atomic E-state index is -0.441. The number of amides is 2. The van der Waals surface area contributed by atoms with Gasteiger partial charge in [-0.15, -0.1) is 0 Å². The molecule has 4 rings (SSSR count). The molecule has 1 unspecified atom stereocenters. The molecule has 0 bridgehead atoms. The number of pyridine rings is 1. The highest BCUT2D eigenvalue weighted by Gasteiger charge is 2.36. The predicted molar refractivity (Wildman–Crippen MR) is 115 cm³/mol. The smallest absolute Gasteiger partial charge is 0.320 e. The Balaban J connectivity index is 1.47. The van der Waals surface area contributed by atoms with E-state index in [2.05, 4.69) is 4.98 Å². The van der Waals surface area contributed by atoms with Crippen molar-refractivity contribution in [3.05, 3.63) is 62.9 Å². The molecule has 2 amide bonds. The number of urea groups is 1. The number of likely N-dealkylation sites (tertiary alicyclic amines) is 2. The summed E-state index contributed by atoms with van der Waals surface area (Å²) in [6.45, 7) is 2.81. The Kier molecular flexibility index (Phi) is 6.50. The van der Waals surface area contributed by atoms with Gasteiger partial charge in [-0.05, 0) is 43.0 Å². The summed E-state index contributed by atoms with van der Waals surface area (Å²) in [7, 11) is 0. The first-order chi connectivity index (χ1) is 14.0. The molecule has 2 aromatic rings. The summed E-state index contributed by atoms with van der Waals surface area (Å²) in [6.07, 6.45) is 4.48. The molecular formula is C21H22Cl3N3O2. The van der Waals surface area contributed by atoms with E-state index in [1.807, 2.05) is 28.0 Å². The lowest BCUT2D eigenvalue weighted by molar-refractivity contribution is -0.0692. The second-order valence-electron chi connectivity index (χ2n) is 7.43. The van der Waals surface area contributed by atoms with Crippen molar-refractivity contribution < 1.29 is 9.53 Å². The Morgan fingerprint density at radius 1 is 1.03 bits per heavy atom. The Morgan fingerprint density at radius 2 is 1.79 bits per heavy atom. The van der Waals surface area contributed by atoms with E-state index in [4.69, 9.17) is 39.5 Å². The van der Waals surface area contributed by atoms with Crippen LogP contribution in [0.15, 0.2) is 36.5 Å². The number of hydrogen-bond acceptors (Lipinski definition) is 3. The average Bonchev–Trinajstić information content (AvgIpc) is 2.70. The molecule has 0 aliphatic carbocycles. The fraction of sp³-hybridized carbons (Fsp3) is 0.429. The van der Waals surface area contributed by atoms with E-state index in [1.54, 1.807) is 18.3 Å². The molecule has 2 saturated heterocycles. The number of benzene rings is 1. The van der Waals surface area contributed by atoms with E-state index in [1.165, 1.54) is 6.42 Å². The van der Waals surface area contributed by atoms with E-state index in [-0.39, 0.29) is 12.1 Å². The van der Waals surface area contributed by atoms with E-state index < -0.39 is 6.10 Å². The number of carbonyl (C=O) groups is 1. The van der Waals surface area contributed by atoms with E-state index >= 15 is 0 Å². The quantitative estimate of drug-likeness (QED) is 0.578. The Bertz CT molecular complexity index is 883. The largest absolute Gasteiger partial charge is 0.362 e. The first kappa shape index (κ1) is 20.7. The number of piperidine rings is 1. The standard InChI is InChI=1S/C21H22Cl3N3O2/c22-17-7-6-14(11-18(17)23)19(16-5-4-8-25-20(16)24)29-15-12-27(13-15)21(28)26-9-2-1-3-10-26/h4-8,11,15,19H,1-3,9-10,12-13H2. The summed E-state index contributed by atoms with van der Waals surface area (Å²) in [5.74, 6) is 0. The third kappa shape index (κ3) is 4.64. The number of hydrogen-bond donors (Lipinski definition) is 0. The van der Waals surface area contributed by atoms with Gasteiger partial charge in [0.1, 0.15) is 11.3 Å². The number of nitrogens with zero attached hydrogens (tertiary/aromatic N) is 3. The van der Waals surface area contributed by atoms with Gasteiger partial charge in [0.2, 0.25) is 0 Å². The molecule has 3 heterocycles. The monoisotopic (exact) mass is 453 g/mol. The maximum absolute atomic E-state index is 12.6. The third-order valence-electron chi connectivity index (χ3n) is 5.39. The van der Waals surface area contributed by atoms with Crippen LogP contribution in [0.25, 0.3) is 0 Å². The Morgan fingerprint density at radius 3 is 2.48 bits per heavy atom. The maximum atomic E-state index is 12.6. The van der Waals surface area contributed by atoms with Gasteiger partial charge in [-0.1, -0.05) is 46.9 Å². The number of aromatic nitrogens is 1. The van der Waals surface area contributed by atoms with Crippen LogP contribution in [0.5, 0.6) is 0 Å². The van der Waals surface area contributed by atoms with Crippen LogP contribution in [0.3, 0.4) is 0 Å². The summed E-state index contributed by atoms with van der Waals surface area (Å²) in [5.41, 5.74) is 1.60. The fourth-order valence-corrected chi connectivity index (χ4v) is 4.28. The Hall–Kier alpha value is -1.53. The van der Waals surface area contributed by atoms with Crippen molar-refractivity contribution >= 4 is 40.8 Å². The van der Waals surface area contributed by atoms with Gasteiger partial charge in [-0.25, -0.2) is 9.78 Å². The molecule has 2 aliphatic rings. The molecule has 1 aromatic heterocycles. The zero-order valence-electron chi connectivity index (χ0n) is 15.9. The molecule has 154 valence electrons. The average molecular weight is 455 g/mol. The van der Waals surface area contributed by atoms with Crippen LogP contribution in [0, 0.1) is 0 Å². The van der Waals surface area contributed by atoms with Crippen molar-refractivity contribution in [3.8, 4) is 0 Å². The molecule has 0 saturated carbocycles. The van der Waals surface area contributed by atoms with Crippen LogP contribution in [0.2, 0.25) is 15.2 Å². The first-order valence-corrected chi connectivity index (χ1v) is 10.9. The third-order valence-corrected chi connectivity index (χ3v) is 6.45. The van der Waals surface area contributed by atoms with Gasteiger partial charge in [0.05, 0.1) is 29.2 Å². The van der Waals surface area contributed by atoms with Crippen LogP contribution >= 0.6 is 34.8 Å². The van der Waals surface area contributed by atoms with Crippen molar-refractivity contribution in [2.75, 3.05) is 26.2 Å². The van der Waals surface area contributed by atoms with Crippen molar-refractivity contribution in [1.29, 1.82) is 0 Å². The second kappa shape index (κ2) is 9.09. The number of carbonyl (C=O) groups excluding carboxylic acids is 1. The molecule has 0 N–H and O–H groups in total. The van der Waals surface area contributed by atoms with E-state index in [0.717, 1.165) is 37.1 Å². The lowest BCUT2D eigenvalue weighted by atomic mass is 10.0. The summed E-state index contributed by atoms with van der Waals surface area (Å²) in [5, 5.41) is 1.31. The number of halogens is 3. The topological polar surface area (TPSA) is 45.7 Å². The Labute approximate surface area is 185 Å². The van der Waals surface area contributed by atoms with Gasteiger partial charge in [0.25, 0.3) is 0 Å². The second-order valence-corrected chi connectivity index (χ2v) is 8.60. The van der Waals surface area contributed by atoms with Gasteiger partial charge < -0.3 is 14.5 Å². The lowest BCUT2D eigenvalue weighted by Crippen LogP contribution is -2.59. The molecule has 1 aromatic carbocycles. The molecule has 8 heteroatoms. The van der Waals surface area contributed by atoms with Gasteiger partial charge in [-0.3, -0.25) is 0 Å².